The molecule has 0 bridgehead atoms. The molecular formula is C11H13BrN4. The lowest BCUT2D eigenvalue weighted by molar-refractivity contribution is 0.516. The van der Waals surface area contributed by atoms with Gasteiger partial charge in [-0.1, -0.05) is 46.3 Å². The lowest BCUT2D eigenvalue weighted by Crippen LogP contribution is -2.03. The van der Waals surface area contributed by atoms with Crippen LogP contribution < -0.4 is 0 Å². The summed E-state index contributed by atoms with van der Waals surface area (Å²) in [5.74, 6) is 0.778. The second kappa shape index (κ2) is 5.75. The fraction of sp³-hybridized carbons (Fsp3) is 0.364. The van der Waals surface area contributed by atoms with E-state index in [-0.39, 0.29) is 0 Å². The van der Waals surface area contributed by atoms with Crippen LogP contribution in [0.4, 0.5) is 0 Å². The normalized spacial score (nSPS) is 10.6. The van der Waals surface area contributed by atoms with Crippen molar-refractivity contribution in [2.75, 3.05) is 5.33 Å². The standard InChI is InChI=1S/C11H13BrN4/c12-7-4-8-16-14-11(13-15-16)9-10-5-2-1-3-6-10/h1-3,5-6H,4,7-9H2. The van der Waals surface area contributed by atoms with E-state index in [0.29, 0.717) is 0 Å². The highest BCUT2D eigenvalue weighted by molar-refractivity contribution is 9.09. The molecule has 1 heterocycles. The highest BCUT2D eigenvalue weighted by Crippen LogP contribution is 2.03. The van der Waals surface area contributed by atoms with Crippen LogP contribution in [0.15, 0.2) is 30.3 Å². The predicted molar refractivity (Wildman–Crippen MR) is 65.5 cm³/mol. The second-order valence-corrected chi connectivity index (χ2v) is 4.30. The molecule has 2 aromatic rings. The van der Waals surface area contributed by atoms with Gasteiger partial charge in [0.2, 0.25) is 0 Å². The van der Waals surface area contributed by atoms with Crippen molar-refractivity contribution in [3.63, 3.8) is 0 Å². The largest absolute Gasteiger partial charge is 0.179 e. The van der Waals surface area contributed by atoms with Crippen LogP contribution in [0.5, 0.6) is 0 Å². The van der Waals surface area contributed by atoms with Gasteiger partial charge in [-0.25, -0.2) is 0 Å². The number of aryl methyl sites for hydroxylation is 1. The molecule has 1 aromatic heterocycles. The van der Waals surface area contributed by atoms with Gasteiger partial charge in [0.15, 0.2) is 5.82 Å². The summed E-state index contributed by atoms with van der Waals surface area (Å²) in [6.07, 6.45) is 1.76. The summed E-state index contributed by atoms with van der Waals surface area (Å²) in [7, 11) is 0. The van der Waals surface area contributed by atoms with Crippen molar-refractivity contribution in [2.45, 2.75) is 19.4 Å². The Labute approximate surface area is 103 Å². The van der Waals surface area contributed by atoms with Crippen LogP contribution in [0.25, 0.3) is 0 Å². The summed E-state index contributed by atoms with van der Waals surface area (Å²) >= 11 is 3.38. The Morgan fingerprint density at radius 1 is 1.19 bits per heavy atom. The van der Waals surface area contributed by atoms with Gasteiger partial charge in [-0.2, -0.15) is 4.80 Å². The molecule has 0 atom stereocenters. The number of halogens is 1. The van der Waals surface area contributed by atoms with E-state index in [1.165, 1.54) is 5.56 Å². The fourth-order valence-electron chi connectivity index (χ4n) is 1.42. The summed E-state index contributed by atoms with van der Waals surface area (Å²) in [6, 6.07) is 10.2. The van der Waals surface area contributed by atoms with Gasteiger partial charge in [0.25, 0.3) is 0 Å². The summed E-state index contributed by atoms with van der Waals surface area (Å²) < 4.78 is 0. The smallest absolute Gasteiger partial charge is 0.164 e. The lowest BCUT2D eigenvalue weighted by Gasteiger charge is -1.95. The first-order valence-electron chi connectivity index (χ1n) is 5.25. The molecule has 0 spiro atoms. The molecule has 0 saturated carbocycles. The van der Waals surface area contributed by atoms with Gasteiger partial charge in [0, 0.05) is 11.8 Å². The van der Waals surface area contributed by atoms with Crippen molar-refractivity contribution in [1.29, 1.82) is 0 Å². The second-order valence-electron chi connectivity index (χ2n) is 3.51. The number of hydrogen-bond acceptors (Lipinski definition) is 3. The number of tetrazole rings is 1. The molecule has 5 heteroatoms. The predicted octanol–water partition coefficient (Wildman–Crippen LogP) is 2.05. The van der Waals surface area contributed by atoms with Crippen molar-refractivity contribution >= 4 is 15.9 Å². The summed E-state index contributed by atoms with van der Waals surface area (Å²) in [5.41, 5.74) is 1.21. The zero-order chi connectivity index (χ0) is 11.2. The third kappa shape index (κ3) is 3.13. The van der Waals surface area contributed by atoms with E-state index < -0.39 is 0 Å². The number of aromatic nitrogens is 4. The topological polar surface area (TPSA) is 43.6 Å². The van der Waals surface area contributed by atoms with Crippen molar-refractivity contribution in [3.8, 4) is 0 Å². The molecule has 0 unspecified atom stereocenters. The average Bonchev–Trinajstić information content (AvgIpc) is 2.75. The SMILES string of the molecule is BrCCCn1nnc(Cc2ccccc2)n1. The van der Waals surface area contributed by atoms with Gasteiger partial charge < -0.3 is 0 Å². The van der Waals surface area contributed by atoms with Crippen LogP contribution >= 0.6 is 15.9 Å². The minimum absolute atomic E-state index is 0.745. The maximum atomic E-state index is 4.32. The van der Waals surface area contributed by atoms with E-state index >= 15 is 0 Å². The third-order valence-electron chi connectivity index (χ3n) is 2.19. The van der Waals surface area contributed by atoms with E-state index in [0.717, 1.165) is 30.5 Å². The first-order chi connectivity index (χ1) is 7.88. The van der Waals surface area contributed by atoms with Gasteiger partial charge in [0.1, 0.15) is 0 Å². The summed E-state index contributed by atoms with van der Waals surface area (Å²) in [5, 5.41) is 13.3. The Balaban J connectivity index is 1.97. The minimum atomic E-state index is 0.745. The molecule has 1 aromatic carbocycles. The molecule has 4 nitrogen and oxygen atoms in total. The zero-order valence-electron chi connectivity index (χ0n) is 8.88. The number of benzene rings is 1. The molecule has 0 saturated heterocycles. The average molecular weight is 281 g/mol. The molecule has 2 rings (SSSR count). The van der Waals surface area contributed by atoms with Crippen LogP contribution in [0, 0.1) is 0 Å². The van der Waals surface area contributed by atoms with Crippen molar-refractivity contribution in [2.24, 2.45) is 0 Å². The molecule has 0 radical (unpaired) electrons. The molecular weight excluding hydrogens is 268 g/mol. The van der Waals surface area contributed by atoms with Gasteiger partial charge in [-0.05, 0) is 17.2 Å². The Hall–Kier alpha value is -1.23. The number of hydrogen-bond donors (Lipinski definition) is 0. The Morgan fingerprint density at radius 3 is 2.75 bits per heavy atom. The highest BCUT2D eigenvalue weighted by Gasteiger charge is 2.03. The molecule has 0 amide bonds. The van der Waals surface area contributed by atoms with E-state index in [1.54, 1.807) is 4.80 Å². The van der Waals surface area contributed by atoms with Crippen molar-refractivity contribution < 1.29 is 0 Å². The maximum Gasteiger partial charge on any atom is 0.179 e. The van der Waals surface area contributed by atoms with Crippen LogP contribution in [-0.4, -0.2) is 25.5 Å². The monoisotopic (exact) mass is 280 g/mol. The Kier molecular flexibility index (Phi) is 4.04. The summed E-state index contributed by atoms with van der Waals surface area (Å²) in [6.45, 7) is 0.813. The first-order valence-corrected chi connectivity index (χ1v) is 6.37. The molecule has 16 heavy (non-hydrogen) atoms. The first kappa shape index (κ1) is 11.3. The molecule has 0 aliphatic heterocycles. The van der Waals surface area contributed by atoms with Gasteiger partial charge >= 0.3 is 0 Å². The number of rotatable bonds is 5. The van der Waals surface area contributed by atoms with E-state index in [9.17, 15) is 0 Å². The molecule has 0 aliphatic rings. The third-order valence-corrected chi connectivity index (χ3v) is 2.75. The van der Waals surface area contributed by atoms with Crippen molar-refractivity contribution in [1.82, 2.24) is 20.2 Å². The zero-order valence-corrected chi connectivity index (χ0v) is 10.5. The van der Waals surface area contributed by atoms with E-state index in [1.807, 2.05) is 18.2 Å². The maximum absolute atomic E-state index is 4.32. The number of alkyl halides is 1. The van der Waals surface area contributed by atoms with E-state index in [2.05, 4.69) is 43.5 Å². The molecule has 0 aliphatic carbocycles. The van der Waals surface area contributed by atoms with Crippen LogP contribution in [0.1, 0.15) is 17.8 Å². The Bertz CT molecular complexity index is 427. The van der Waals surface area contributed by atoms with Crippen molar-refractivity contribution in [3.05, 3.63) is 41.7 Å². The summed E-state index contributed by atoms with van der Waals surface area (Å²) in [4.78, 5) is 1.65. The minimum Gasteiger partial charge on any atom is -0.164 e. The van der Waals surface area contributed by atoms with Crippen LogP contribution in [0.3, 0.4) is 0 Å². The fourth-order valence-corrected chi connectivity index (χ4v) is 1.67. The van der Waals surface area contributed by atoms with Gasteiger partial charge in [-0.15, -0.1) is 10.2 Å². The van der Waals surface area contributed by atoms with Crippen LogP contribution in [-0.2, 0) is 13.0 Å². The number of nitrogens with zero attached hydrogens (tertiary/aromatic N) is 4. The molecule has 0 N–H and O–H groups in total. The Morgan fingerprint density at radius 2 is 2.00 bits per heavy atom. The quantitative estimate of drug-likeness (QED) is 0.788. The highest BCUT2D eigenvalue weighted by atomic mass is 79.9. The van der Waals surface area contributed by atoms with E-state index in [4.69, 9.17) is 0 Å². The van der Waals surface area contributed by atoms with Gasteiger partial charge in [0.05, 0.1) is 6.54 Å². The lowest BCUT2D eigenvalue weighted by atomic mass is 10.1. The molecule has 0 fully saturated rings. The molecule has 84 valence electrons. The van der Waals surface area contributed by atoms with Gasteiger partial charge in [-0.3, -0.25) is 0 Å². The van der Waals surface area contributed by atoms with Crippen LogP contribution in [0.2, 0.25) is 0 Å².